The molecule has 1 N–H and O–H groups in total. The van der Waals surface area contributed by atoms with E-state index in [2.05, 4.69) is 0 Å². The molecule has 1 rings (SSSR count). The first-order valence-corrected chi connectivity index (χ1v) is 6.11. The lowest BCUT2D eigenvalue weighted by atomic mass is 9.91. The van der Waals surface area contributed by atoms with E-state index in [4.69, 9.17) is 19.8 Å². The van der Waals surface area contributed by atoms with Crippen molar-refractivity contribution in [1.82, 2.24) is 0 Å². The number of nitrogens with zero attached hydrogens (tertiary/aromatic N) is 1. The highest BCUT2D eigenvalue weighted by atomic mass is 16.7. The fraction of sp³-hybridized carbons (Fsp3) is 0.333. The van der Waals surface area contributed by atoms with E-state index < -0.39 is 5.97 Å². The van der Waals surface area contributed by atoms with Gasteiger partial charge in [-0.1, -0.05) is 26.0 Å². The van der Waals surface area contributed by atoms with Gasteiger partial charge in [0.1, 0.15) is 17.4 Å². The smallest absolute Gasteiger partial charge is 0.346 e. The van der Waals surface area contributed by atoms with Crippen LogP contribution < -0.4 is 4.74 Å². The van der Waals surface area contributed by atoms with Gasteiger partial charge in [-0.3, -0.25) is 0 Å². The number of carboxylic acids is 1. The van der Waals surface area contributed by atoms with E-state index >= 15 is 0 Å². The maximum absolute atomic E-state index is 11.1. The number of methoxy groups -OCH3 is 1. The van der Waals surface area contributed by atoms with E-state index in [0.29, 0.717) is 16.9 Å². The summed E-state index contributed by atoms with van der Waals surface area (Å²) in [6, 6.07) is 8.66. The second kappa shape index (κ2) is 7.31. The Bertz CT molecular complexity index is 538. The van der Waals surface area contributed by atoms with Crippen LogP contribution in [0.1, 0.15) is 19.4 Å². The molecule has 0 radical (unpaired) electrons. The Morgan fingerprint density at radius 2 is 1.95 bits per heavy atom. The summed E-state index contributed by atoms with van der Waals surface area (Å²) in [6.07, 6.45) is 0. The predicted molar refractivity (Wildman–Crippen MR) is 74.0 cm³/mol. The number of hydrogen-bond acceptors (Lipinski definition) is 4. The molecule has 0 heterocycles. The molecule has 20 heavy (non-hydrogen) atoms. The van der Waals surface area contributed by atoms with Gasteiger partial charge in [0.25, 0.3) is 0 Å². The van der Waals surface area contributed by atoms with Crippen molar-refractivity contribution in [2.45, 2.75) is 13.8 Å². The van der Waals surface area contributed by atoms with Gasteiger partial charge >= 0.3 is 5.97 Å². The first kappa shape index (κ1) is 15.7. The van der Waals surface area contributed by atoms with E-state index in [0.717, 1.165) is 0 Å². The van der Waals surface area contributed by atoms with Crippen LogP contribution in [-0.4, -0.2) is 25.0 Å². The maximum Gasteiger partial charge on any atom is 0.346 e. The molecule has 0 fully saturated rings. The Balaban J connectivity index is 3.18. The third-order valence-electron chi connectivity index (χ3n) is 2.68. The maximum atomic E-state index is 11.1. The number of carboxylic acid groups (broad SMARTS) is 1. The lowest BCUT2D eigenvalue weighted by molar-refractivity contribution is -0.132. The Kier molecular flexibility index (Phi) is 5.75. The molecule has 0 aromatic heterocycles. The summed E-state index contributed by atoms with van der Waals surface area (Å²) >= 11 is 0. The average molecular weight is 275 g/mol. The van der Waals surface area contributed by atoms with Crippen molar-refractivity contribution in [1.29, 1.82) is 5.26 Å². The molecule has 1 aromatic carbocycles. The largest absolute Gasteiger partial charge is 0.477 e. The van der Waals surface area contributed by atoms with Crippen LogP contribution in [0.3, 0.4) is 0 Å². The molecule has 0 aliphatic carbocycles. The molecule has 0 aliphatic rings. The lowest BCUT2D eigenvalue weighted by Crippen LogP contribution is -2.06. The number of allylic oxidation sites excluding steroid dienone is 1. The van der Waals surface area contributed by atoms with Crippen LogP contribution in [0.25, 0.3) is 5.57 Å². The molecule has 5 heteroatoms. The Hall–Kier alpha value is -2.32. The molecule has 0 saturated heterocycles. The van der Waals surface area contributed by atoms with Crippen LogP contribution in [0.2, 0.25) is 0 Å². The first-order valence-electron chi connectivity index (χ1n) is 6.11. The van der Waals surface area contributed by atoms with Crippen molar-refractivity contribution >= 4 is 11.5 Å². The highest BCUT2D eigenvalue weighted by molar-refractivity contribution is 6.00. The topological polar surface area (TPSA) is 79.5 Å². The summed E-state index contributed by atoms with van der Waals surface area (Å²) in [5, 5.41) is 18.1. The monoisotopic (exact) mass is 275 g/mol. The van der Waals surface area contributed by atoms with E-state index in [9.17, 15) is 4.79 Å². The summed E-state index contributed by atoms with van der Waals surface area (Å²) in [7, 11) is 1.53. The van der Waals surface area contributed by atoms with Gasteiger partial charge in [0, 0.05) is 7.11 Å². The highest BCUT2D eigenvalue weighted by Crippen LogP contribution is 2.28. The van der Waals surface area contributed by atoms with Crippen molar-refractivity contribution in [3.63, 3.8) is 0 Å². The van der Waals surface area contributed by atoms with Crippen molar-refractivity contribution < 1.29 is 19.4 Å². The minimum atomic E-state index is -1.21. The van der Waals surface area contributed by atoms with Gasteiger partial charge in [-0.25, -0.2) is 4.79 Å². The van der Waals surface area contributed by atoms with Crippen LogP contribution in [-0.2, 0) is 9.53 Å². The number of hydrogen-bond donors (Lipinski definition) is 1. The number of rotatable bonds is 6. The standard InChI is InChI=1S/C15H17NO4/c1-10(2)14(13(8-16)15(17)18)11-4-6-12(7-5-11)20-9-19-3/h4-7,10H,9H2,1-3H3,(H,17,18). The van der Waals surface area contributed by atoms with E-state index in [1.165, 1.54) is 7.11 Å². The number of nitriles is 1. The molecular formula is C15H17NO4. The van der Waals surface area contributed by atoms with Gasteiger partial charge in [-0.15, -0.1) is 0 Å². The number of benzene rings is 1. The van der Waals surface area contributed by atoms with E-state index in [1.54, 1.807) is 30.3 Å². The minimum absolute atomic E-state index is 0.0773. The van der Waals surface area contributed by atoms with Crippen molar-refractivity contribution in [3.8, 4) is 11.8 Å². The fourth-order valence-corrected chi connectivity index (χ4v) is 1.85. The quantitative estimate of drug-likeness (QED) is 0.490. The van der Waals surface area contributed by atoms with Gasteiger partial charge < -0.3 is 14.6 Å². The average Bonchev–Trinajstić information content (AvgIpc) is 2.42. The second-order valence-electron chi connectivity index (χ2n) is 4.44. The summed E-state index contributed by atoms with van der Waals surface area (Å²) in [6.45, 7) is 3.85. The Labute approximate surface area is 118 Å². The Morgan fingerprint density at radius 3 is 2.35 bits per heavy atom. The zero-order valence-electron chi connectivity index (χ0n) is 11.7. The van der Waals surface area contributed by atoms with Crippen molar-refractivity contribution in [3.05, 3.63) is 35.4 Å². The normalized spacial score (nSPS) is 11.8. The number of carbonyl (C=O) groups is 1. The van der Waals surface area contributed by atoms with Crippen LogP contribution in [0, 0.1) is 17.2 Å². The van der Waals surface area contributed by atoms with Gasteiger partial charge in [0.15, 0.2) is 6.79 Å². The molecule has 0 atom stereocenters. The summed E-state index contributed by atoms with van der Waals surface area (Å²) in [4.78, 5) is 11.1. The van der Waals surface area contributed by atoms with Gasteiger partial charge in [-0.2, -0.15) is 5.26 Å². The molecule has 106 valence electrons. The van der Waals surface area contributed by atoms with Gasteiger partial charge in [-0.05, 0) is 29.2 Å². The lowest BCUT2D eigenvalue weighted by Gasteiger charge is -2.13. The second-order valence-corrected chi connectivity index (χ2v) is 4.44. The molecule has 0 saturated carbocycles. The van der Waals surface area contributed by atoms with Crippen molar-refractivity contribution in [2.24, 2.45) is 5.92 Å². The highest BCUT2D eigenvalue weighted by Gasteiger charge is 2.18. The van der Waals surface area contributed by atoms with Gasteiger partial charge in [0.2, 0.25) is 0 Å². The zero-order valence-corrected chi connectivity index (χ0v) is 11.7. The van der Waals surface area contributed by atoms with E-state index in [1.807, 2.05) is 13.8 Å². The SMILES string of the molecule is COCOc1ccc(C(=C(C#N)C(=O)O)C(C)C)cc1. The van der Waals surface area contributed by atoms with Crippen LogP contribution >= 0.6 is 0 Å². The Morgan fingerprint density at radius 1 is 1.35 bits per heavy atom. The fourth-order valence-electron chi connectivity index (χ4n) is 1.85. The third kappa shape index (κ3) is 3.84. The number of aliphatic carboxylic acids is 1. The molecule has 0 amide bonds. The summed E-state index contributed by atoms with van der Waals surface area (Å²) in [5.74, 6) is -0.671. The molecule has 5 nitrogen and oxygen atoms in total. The number of ether oxygens (including phenoxy) is 2. The van der Waals surface area contributed by atoms with Gasteiger partial charge in [0.05, 0.1) is 0 Å². The zero-order chi connectivity index (χ0) is 15.1. The summed E-state index contributed by atoms with van der Waals surface area (Å²) < 4.78 is 10.1. The molecule has 0 aliphatic heterocycles. The molecule has 0 bridgehead atoms. The molecule has 0 unspecified atom stereocenters. The first-order chi connectivity index (χ1) is 9.51. The molecular weight excluding hydrogens is 258 g/mol. The van der Waals surface area contributed by atoms with Crippen molar-refractivity contribution in [2.75, 3.05) is 13.9 Å². The predicted octanol–water partition coefficient (Wildman–Crippen LogP) is 2.69. The van der Waals surface area contributed by atoms with Crippen LogP contribution in [0.5, 0.6) is 5.75 Å². The molecule has 1 aromatic rings. The van der Waals surface area contributed by atoms with E-state index in [-0.39, 0.29) is 18.3 Å². The third-order valence-corrected chi connectivity index (χ3v) is 2.68. The van der Waals surface area contributed by atoms with Crippen LogP contribution in [0.4, 0.5) is 0 Å². The molecule has 0 spiro atoms. The van der Waals surface area contributed by atoms with Crippen LogP contribution in [0.15, 0.2) is 29.8 Å². The minimum Gasteiger partial charge on any atom is -0.477 e. The summed E-state index contributed by atoms with van der Waals surface area (Å²) in [5.41, 5.74) is 0.979.